The third kappa shape index (κ3) is 7.03. The lowest BCUT2D eigenvalue weighted by atomic mass is 9.92. The summed E-state index contributed by atoms with van der Waals surface area (Å²) in [7, 11) is 0. The van der Waals surface area contributed by atoms with Crippen molar-refractivity contribution in [2.75, 3.05) is 5.75 Å². The highest BCUT2D eigenvalue weighted by molar-refractivity contribution is 7.99. The Balaban J connectivity index is 0. The zero-order chi connectivity index (χ0) is 11.1. The molecule has 0 aliphatic heterocycles. The first-order valence-corrected chi connectivity index (χ1v) is 6.16. The zero-order valence-electron chi connectivity index (χ0n) is 9.60. The monoisotopic (exact) mass is 255 g/mol. The van der Waals surface area contributed by atoms with Crippen molar-refractivity contribution < 1.29 is 9.90 Å². The molecule has 0 heterocycles. The van der Waals surface area contributed by atoms with E-state index in [4.69, 9.17) is 10.8 Å². The van der Waals surface area contributed by atoms with Crippen LogP contribution in [0, 0.1) is 5.92 Å². The topological polar surface area (TPSA) is 63.3 Å². The number of aliphatic carboxylic acids is 1. The van der Waals surface area contributed by atoms with Crippen molar-refractivity contribution >= 4 is 30.1 Å². The first-order chi connectivity index (χ1) is 6.52. The number of thioether (sulfide) groups is 1. The molecule has 0 unspecified atom stereocenters. The number of hydrogen-bond donors (Lipinski definition) is 2. The van der Waals surface area contributed by atoms with Crippen molar-refractivity contribution in [3.05, 3.63) is 0 Å². The molecule has 3 nitrogen and oxygen atoms in total. The first-order valence-electron chi connectivity index (χ1n) is 5.11. The van der Waals surface area contributed by atoms with E-state index in [1.807, 2.05) is 11.8 Å². The summed E-state index contributed by atoms with van der Waals surface area (Å²) >= 11 is 1.85. The van der Waals surface area contributed by atoms with Gasteiger partial charge >= 0.3 is 5.97 Å². The molecular weight excluding hydrogens is 234 g/mol. The minimum atomic E-state index is -0.801. The summed E-state index contributed by atoms with van der Waals surface area (Å²) in [5.41, 5.74) is 5.87. The van der Waals surface area contributed by atoms with Crippen LogP contribution in [0.1, 0.15) is 33.6 Å². The molecule has 15 heavy (non-hydrogen) atoms. The zero-order valence-corrected chi connectivity index (χ0v) is 11.2. The highest BCUT2D eigenvalue weighted by atomic mass is 35.5. The SMILES string of the molecule is CCS[C@@H](C)[C@@H](CC)[C@H](N)CC(=O)O.Cl. The van der Waals surface area contributed by atoms with Gasteiger partial charge in [-0.2, -0.15) is 11.8 Å². The van der Waals surface area contributed by atoms with E-state index in [-0.39, 0.29) is 24.9 Å². The quantitative estimate of drug-likeness (QED) is 0.733. The smallest absolute Gasteiger partial charge is 0.304 e. The molecule has 0 aromatic carbocycles. The number of carboxylic acids is 1. The lowest BCUT2D eigenvalue weighted by molar-refractivity contribution is -0.137. The second kappa shape index (κ2) is 9.31. The molecular formula is C10H22ClNO2S. The summed E-state index contributed by atoms with van der Waals surface area (Å²) < 4.78 is 0. The molecule has 0 rings (SSSR count). The van der Waals surface area contributed by atoms with Gasteiger partial charge in [0.1, 0.15) is 0 Å². The van der Waals surface area contributed by atoms with Gasteiger partial charge in [-0.05, 0) is 11.7 Å². The van der Waals surface area contributed by atoms with Crippen molar-refractivity contribution in [1.29, 1.82) is 0 Å². The van der Waals surface area contributed by atoms with Gasteiger partial charge < -0.3 is 10.8 Å². The number of halogens is 1. The van der Waals surface area contributed by atoms with Crippen LogP contribution in [-0.2, 0) is 4.79 Å². The van der Waals surface area contributed by atoms with Crippen molar-refractivity contribution in [2.45, 2.75) is 44.9 Å². The molecule has 0 bridgehead atoms. The summed E-state index contributed by atoms with van der Waals surface area (Å²) in [5, 5.41) is 9.10. The second-order valence-electron chi connectivity index (χ2n) is 3.49. The first kappa shape index (κ1) is 17.5. The van der Waals surface area contributed by atoms with Gasteiger partial charge in [0.2, 0.25) is 0 Å². The maximum Gasteiger partial charge on any atom is 0.304 e. The largest absolute Gasteiger partial charge is 0.481 e. The van der Waals surface area contributed by atoms with E-state index in [2.05, 4.69) is 20.8 Å². The molecule has 0 aliphatic carbocycles. The number of carboxylic acid groups (broad SMARTS) is 1. The Morgan fingerprint density at radius 1 is 1.47 bits per heavy atom. The summed E-state index contributed by atoms with van der Waals surface area (Å²) in [4.78, 5) is 10.5. The number of rotatable bonds is 7. The van der Waals surface area contributed by atoms with Crippen LogP contribution in [0.4, 0.5) is 0 Å². The average molecular weight is 256 g/mol. The van der Waals surface area contributed by atoms with E-state index in [1.54, 1.807) is 0 Å². The molecule has 0 amide bonds. The maximum absolute atomic E-state index is 10.5. The van der Waals surface area contributed by atoms with Crippen molar-refractivity contribution in [3.8, 4) is 0 Å². The van der Waals surface area contributed by atoms with Crippen LogP contribution in [0.25, 0.3) is 0 Å². The molecule has 0 saturated heterocycles. The molecule has 0 aromatic rings. The predicted octanol–water partition coefficient (Wildman–Crippen LogP) is 2.38. The summed E-state index contributed by atoms with van der Waals surface area (Å²) in [6, 6.07) is -0.216. The van der Waals surface area contributed by atoms with Gasteiger partial charge in [0.05, 0.1) is 6.42 Å². The standard InChI is InChI=1S/C10H21NO2S.ClH/c1-4-8(7(3)14-5-2)9(11)6-10(12)13;/h7-9H,4-6,11H2,1-3H3,(H,12,13);1H/t7-,8+,9+;/m0./s1. The second-order valence-corrected chi connectivity index (χ2v) is 5.15. The van der Waals surface area contributed by atoms with Crippen LogP contribution in [0.15, 0.2) is 0 Å². The van der Waals surface area contributed by atoms with Crippen LogP contribution in [0.2, 0.25) is 0 Å². The molecule has 92 valence electrons. The van der Waals surface area contributed by atoms with Crippen molar-refractivity contribution in [1.82, 2.24) is 0 Å². The molecule has 0 spiro atoms. The molecule has 0 aliphatic rings. The molecule has 0 fully saturated rings. The minimum Gasteiger partial charge on any atom is -0.481 e. The number of carbonyl (C=O) groups is 1. The average Bonchev–Trinajstić information content (AvgIpc) is 2.04. The normalized spacial score (nSPS) is 16.3. The van der Waals surface area contributed by atoms with Crippen LogP contribution >= 0.6 is 24.2 Å². The van der Waals surface area contributed by atoms with Crippen LogP contribution < -0.4 is 5.73 Å². The van der Waals surface area contributed by atoms with Gasteiger partial charge in [0.15, 0.2) is 0 Å². The molecule has 0 radical (unpaired) electrons. The van der Waals surface area contributed by atoms with Crippen LogP contribution in [0.3, 0.4) is 0 Å². The third-order valence-corrected chi connectivity index (χ3v) is 3.67. The summed E-state index contributed by atoms with van der Waals surface area (Å²) in [5.74, 6) is 0.554. The van der Waals surface area contributed by atoms with E-state index in [9.17, 15) is 4.79 Å². The van der Waals surface area contributed by atoms with Crippen LogP contribution in [0.5, 0.6) is 0 Å². The predicted molar refractivity (Wildman–Crippen MR) is 68.9 cm³/mol. The van der Waals surface area contributed by atoms with E-state index in [0.717, 1.165) is 12.2 Å². The molecule has 0 aromatic heterocycles. The highest BCUT2D eigenvalue weighted by Crippen LogP contribution is 2.25. The van der Waals surface area contributed by atoms with Crippen molar-refractivity contribution in [2.24, 2.45) is 11.7 Å². The Hall–Kier alpha value is 0.0700. The fourth-order valence-corrected chi connectivity index (χ4v) is 2.89. The van der Waals surface area contributed by atoms with Crippen LogP contribution in [-0.4, -0.2) is 28.1 Å². The Morgan fingerprint density at radius 3 is 2.33 bits per heavy atom. The Labute approximate surface area is 103 Å². The minimum absolute atomic E-state index is 0. The van der Waals surface area contributed by atoms with Gasteiger partial charge in [0.25, 0.3) is 0 Å². The Kier molecular flexibility index (Phi) is 10.8. The summed E-state index contributed by atoms with van der Waals surface area (Å²) in [6.07, 6.45) is 1.02. The van der Waals surface area contributed by atoms with Gasteiger partial charge in [-0.1, -0.05) is 27.2 Å². The van der Waals surface area contributed by atoms with E-state index >= 15 is 0 Å². The van der Waals surface area contributed by atoms with Gasteiger partial charge in [-0.3, -0.25) is 4.79 Å². The van der Waals surface area contributed by atoms with E-state index in [0.29, 0.717) is 11.2 Å². The fraction of sp³-hybridized carbons (Fsp3) is 0.900. The van der Waals surface area contributed by atoms with E-state index < -0.39 is 5.97 Å². The Bertz CT molecular complexity index is 181. The fourth-order valence-electron chi connectivity index (χ4n) is 1.72. The highest BCUT2D eigenvalue weighted by Gasteiger charge is 2.24. The van der Waals surface area contributed by atoms with Crippen molar-refractivity contribution in [3.63, 3.8) is 0 Å². The van der Waals surface area contributed by atoms with Gasteiger partial charge in [-0.15, -0.1) is 12.4 Å². The molecule has 3 atom stereocenters. The molecule has 3 N–H and O–H groups in total. The van der Waals surface area contributed by atoms with E-state index in [1.165, 1.54) is 0 Å². The lowest BCUT2D eigenvalue weighted by Gasteiger charge is -2.26. The summed E-state index contributed by atoms with van der Waals surface area (Å²) in [6.45, 7) is 6.31. The van der Waals surface area contributed by atoms with Gasteiger partial charge in [-0.25, -0.2) is 0 Å². The third-order valence-electron chi connectivity index (χ3n) is 2.46. The molecule has 0 saturated carbocycles. The number of hydrogen-bond acceptors (Lipinski definition) is 3. The maximum atomic E-state index is 10.5. The van der Waals surface area contributed by atoms with Gasteiger partial charge in [0, 0.05) is 11.3 Å². The Morgan fingerprint density at radius 2 is 2.00 bits per heavy atom. The lowest BCUT2D eigenvalue weighted by Crippen LogP contribution is -2.37. The molecule has 5 heteroatoms. The number of nitrogens with two attached hydrogens (primary N) is 1.